The van der Waals surface area contributed by atoms with Crippen LogP contribution in [0.4, 0.5) is 13.2 Å². The molecule has 1 amide bonds. The Kier molecular flexibility index (Phi) is 6.32. The predicted octanol–water partition coefficient (Wildman–Crippen LogP) is 3.34. The third-order valence-electron chi connectivity index (χ3n) is 3.53. The molecule has 25 heavy (non-hydrogen) atoms. The van der Waals surface area contributed by atoms with Crippen molar-refractivity contribution in [3.8, 4) is 5.88 Å². The van der Waals surface area contributed by atoms with Crippen molar-refractivity contribution >= 4 is 5.91 Å². The zero-order chi connectivity index (χ0) is 18.3. The number of hydrogen-bond donors (Lipinski definition) is 1. The topological polar surface area (TPSA) is 64.1 Å². The van der Waals surface area contributed by atoms with Crippen LogP contribution >= 0.6 is 0 Å². The molecule has 0 aliphatic carbocycles. The number of benzene rings is 1. The molecule has 5 nitrogen and oxygen atoms in total. The van der Waals surface area contributed by atoms with Crippen molar-refractivity contribution in [3.63, 3.8) is 0 Å². The van der Waals surface area contributed by atoms with E-state index in [4.69, 9.17) is 0 Å². The van der Waals surface area contributed by atoms with Crippen LogP contribution in [0.25, 0.3) is 0 Å². The molecule has 0 spiro atoms. The minimum Gasteiger partial charge on any atom is -0.467 e. The van der Waals surface area contributed by atoms with Crippen LogP contribution in [0.2, 0.25) is 0 Å². The maximum absolute atomic E-state index is 12.1. The minimum atomic E-state index is -4.45. The second-order valence-electron chi connectivity index (χ2n) is 5.39. The fourth-order valence-corrected chi connectivity index (χ4v) is 2.20. The zero-order valence-corrected chi connectivity index (χ0v) is 13.6. The lowest BCUT2D eigenvalue weighted by Crippen LogP contribution is -2.29. The van der Waals surface area contributed by atoms with Crippen molar-refractivity contribution in [2.45, 2.75) is 25.4 Å². The van der Waals surface area contributed by atoms with Crippen LogP contribution < -0.4 is 10.1 Å². The summed E-state index contributed by atoms with van der Waals surface area (Å²) in [5.74, 6) is -0.568. The van der Waals surface area contributed by atoms with Crippen molar-refractivity contribution < 1.29 is 22.7 Å². The smallest absolute Gasteiger partial charge is 0.422 e. The van der Waals surface area contributed by atoms with Crippen LogP contribution in [0.3, 0.4) is 0 Å². The number of amides is 1. The summed E-state index contributed by atoms with van der Waals surface area (Å²) in [5, 5.41) is 9.84. The number of ether oxygens (including phenoxy) is 1. The Labute approximate surface area is 143 Å². The number of aromatic nitrogens is 2. The summed E-state index contributed by atoms with van der Waals surface area (Å²) < 4.78 is 40.6. The molecular weight excluding hydrogens is 335 g/mol. The summed E-state index contributed by atoms with van der Waals surface area (Å²) in [6.45, 7) is 0.992. The van der Waals surface area contributed by atoms with E-state index in [0.717, 1.165) is 12.0 Å². The van der Waals surface area contributed by atoms with E-state index >= 15 is 0 Å². The van der Waals surface area contributed by atoms with Gasteiger partial charge in [-0.3, -0.25) is 4.79 Å². The first kappa shape index (κ1) is 18.7. The average molecular weight is 353 g/mol. The Hall–Kier alpha value is -2.64. The van der Waals surface area contributed by atoms with Gasteiger partial charge in [-0.05, 0) is 18.1 Å². The summed E-state index contributed by atoms with van der Waals surface area (Å²) in [6, 6.07) is 12.2. The number of nitrogens with zero attached hydrogens (tertiary/aromatic N) is 2. The second kappa shape index (κ2) is 8.46. The van der Waals surface area contributed by atoms with E-state index in [1.807, 2.05) is 37.3 Å². The van der Waals surface area contributed by atoms with Crippen LogP contribution in [0.5, 0.6) is 5.88 Å². The lowest BCUT2D eigenvalue weighted by Gasteiger charge is -2.16. The van der Waals surface area contributed by atoms with Gasteiger partial charge in [0.25, 0.3) is 5.91 Å². The molecule has 2 rings (SSSR count). The van der Waals surface area contributed by atoms with E-state index in [9.17, 15) is 18.0 Å². The summed E-state index contributed by atoms with van der Waals surface area (Å²) in [7, 11) is 0. The highest BCUT2D eigenvalue weighted by Crippen LogP contribution is 2.18. The minimum absolute atomic E-state index is 0.0160. The van der Waals surface area contributed by atoms with Gasteiger partial charge in [0.2, 0.25) is 5.88 Å². The Morgan fingerprint density at radius 2 is 1.88 bits per heavy atom. The highest BCUT2D eigenvalue weighted by Gasteiger charge is 2.28. The van der Waals surface area contributed by atoms with E-state index < -0.39 is 18.7 Å². The van der Waals surface area contributed by atoms with Gasteiger partial charge in [-0.1, -0.05) is 37.3 Å². The normalized spacial score (nSPS) is 12.5. The largest absolute Gasteiger partial charge is 0.467 e. The van der Waals surface area contributed by atoms with Gasteiger partial charge in [-0.25, -0.2) is 0 Å². The number of nitrogens with one attached hydrogen (secondary N) is 1. The lowest BCUT2D eigenvalue weighted by molar-refractivity contribution is -0.154. The second-order valence-corrected chi connectivity index (χ2v) is 5.39. The van der Waals surface area contributed by atoms with Crippen LogP contribution in [0, 0.1) is 0 Å². The molecule has 0 radical (unpaired) electrons. The quantitative estimate of drug-likeness (QED) is 0.829. The van der Waals surface area contributed by atoms with Gasteiger partial charge < -0.3 is 10.1 Å². The Morgan fingerprint density at radius 3 is 2.44 bits per heavy atom. The summed E-state index contributed by atoms with van der Waals surface area (Å²) in [4.78, 5) is 12.1. The van der Waals surface area contributed by atoms with Crippen molar-refractivity contribution in [3.05, 3.63) is 53.7 Å². The first-order chi connectivity index (χ1) is 11.9. The summed E-state index contributed by atoms with van der Waals surface area (Å²) in [5.41, 5.74) is 1.13. The highest BCUT2D eigenvalue weighted by atomic mass is 19.4. The SMILES string of the molecule is CCC(CNC(=O)c1ccc(OCC(F)(F)F)nn1)c1ccccc1. The van der Waals surface area contributed by atoms with E-state index in [1.54, 1.807) is 0 Å². The molecule has 0 saturated carbocycles. The third-order valence-corrected chi connectivity index (χ3v) is 3.53. The zero-order valence-electron chi connectivity index (χ0n) is 13.6. The predicted molar refractivity (Wildman–Crippen MR) is 85.4 cm³/mol. The fraction of sp³-hybridized carbons (Fsp3) is 0.353. The number of hydrogen-bond acceptors (Lipinski definition) is 4. The van der Waals surface area contributed by atoms with Gasteiger partial charge in [0, 0.05) is 18.5 Å². The number of halogens is 3. The molecule has 0 aliphatic rings. The van der Waals surface area contributed by atoms with Gasteiger partial charge >= 0.3 is 6.18 Å². The van der Waals surface area contributed by atoms with Gasteiger partial charge in [0.1, 0.15) is 0 Å². The number of rotatable bonds is 7. The van der Waals surface area contributed by atoms with Gasteiger partial charge in [0.15, 0.2) is 12.3 Å². The highest BCUT2D eigenvalue weighted by molar-refractivity contribution is 5.92. The van der Waals surface area contributed by atoms with Crippen LogP contribution in [0.1, 0.15) is 35.3 Å². The molecule has 1 aromatic carbocycles. The van der Waals surface area contributed by atoms with Crippen molar-refractivity contribution in [1.82, 2.24) is 15.5 Å². The van der Waals surface area contributed by atoms with Gasteiger partial charge in [-0.2, -0.15) is 13.2 Å². The summed E-state index contributed by atoms with van der Waals surface area (Å²) >= 11 is 0. The molecule has 1 N–H and O–H groups in total. The fourth-order valence-electron chi connectivity index (χ4n) is 2.20. The molecule has 134 valence electrons. The monoisotopic (exact) mass is 353 g/mol. The van der Waals surface area contributed by atoms with Crippen LogP contribution in [-0.2, 0) is 0 Å². The molecule has 0 saturated heterocycles. The van der Waals surface area contributed by atoms with Crippen molar-refractivity contribution in [2.24, 2.45) is 0 Å². The third kappa shape index (κ3) is 6.06. The average Bonchev–Trinajstić information content (AvgIpc) is 2.61. The Bertz CT molecular complexity index is 676. The molecular formula is C17H18F3N3O2. The van der Waals surface area contributed by atoms with Gasteiger partial charge in [0.05, 0.1) is 0 Å². The summed E-state index contributed by atoms with van der Waals surface area (Å²) in [6.07, 6.45) is -3.61. The molecule has 0 aliphatic heterocycles. The van der Waals surface area contributed by atoms with E-state index in [1.165, 1.54) is 12.1 Å². The standard InChI is InChI=1S/C17H18F3N3O2/c1-2-12(13-6-4-3-5-7-13)10-21-16(24)14-8-9-15(23-22-14)25-11-17(18,19)20/h3-9,12H,2,10-11H2,1H3,(H,21,24). The molecule has 8 heteroatoms. The maximum atomic E-state index is 12.1. The van der Waals surface area contributed by atoms with Crippen LogP contribution in [-0.4, -0.2) is 35.4 Å². The molecule has 0 bridgehead atoms. The molecule has 2 aromatic rings. The molecule has 1 atom stereocenters. The van der Waals surface area contributed by atoms with E-state index in [-0.39, 0.29) is 17.5 Å². The lowest BCUT2D eigenvalue weighted by atomic mass is 9.96. The van der Waals surface area contributed by atoms with E-state index in [2.05, 4.69) is 20.3 Å². The first-order valence-corrected chi connectivity index (χ1v) is 7.75. The first-order valence-electron chi connectivity index (χ1n) is 7.75. The molecule has 0 fully saturated rings. The Balaban J connectivity index is 1.90. The van der Waals surface area contributed by atoms with Crippen molar-refractivity contribution in [2.75, 3.05) is 13.2 Å². The molecule has 1 unspecified atom stereocenters. The van der Waals surface area contributed by atoms with Gasteiger partial charge in [-0.15, -0.1) is 10.2 Å². The molecule has 1 aromatic heterocycles. The number of carbonyl (C=O) groups is 1. The molecule has 1 heterocycles. The Morgan fingerprint density at radius 1 is 1.16 bits per heavy atom. The number of carbonyl (C=O) groups excluding carboxylic acids is 1. The number of alkyl halides is 3. The van der Waals surface area contributed by atoms with Crippen molar-refractivity contribution in [1.29, 1.82) is 0 Å². The maximum Gasteiger partial charge on any atom is 0.422 e. The van der Waals surface area contributed by atoms with Crippen LogP contribution in [0.15, 0.2) is 42.5 Å². The van der Waals surface area contributed by atoms with E-state index in [0.29, 0.717) is 6.54 Å².